The highest BCUT2D eigenvalue weighted by atomic mass is 31.2. The van der Waals surface area contributed by atoms with Crippen molar-refractivity contribution in [3.8, 4) is 0 Å². The lowest BCUT2D eigenvalue weighted by molar-refractivity contribution is -0.337. The number of anilines is 2. The fourth-order valence-corrected chi connectivity index (χ4v) is 5.52. The number of ether oxygens (including phenoxy) is 3. The number of esters is 1. The summed E-state index contributed by atoms with van der Waals surface area (Å²) in [7, 11) is -2.77. The zero-order chi connectivity index (χ0) is 37.0. The highest BCUT2D eigenvalue weighted by Gasteiger charge is 2.38. The Balaban J connectivity index is 1.26. The molecule has 50 heavy (non-hydrogen) atoms. The molecule has 3 amide bonds. The molecule has 0 bridgehead atoms. The Morgan fingerprint density at radius 2 is 1.72 bits per heavy atom. The monoisotopic (exact) mass is 729 g/mol. The van der Waals surface area contributed by atoms with Gasteiger partial charge < -0.3 is 19.1 Å². The molecule has 1 aromatic heterocycles. The molecule has 1 aromatic carbocycles. The first-order valence-electron chi connectivity index (χ1n) is 15.4. The number of rotatable bonds is 13. The fraction of sp³-hybridized carbons (Fsp3) is 0.567. The SMILES string of the molecule is CC(=O)N(C[C@H]1CN(c2ccc(N3Cc4cn(C)nc4C3)c(F)c2)C(=O)O1)C(=O)OCOC(=O)COP(=O)(OOC(C)(C)C)OOC(C)(C)C. The number of hydrogen-bond donors (Lipinski definition) is 0. The van der Waals surface area contributed by atoms with Crippen molar-refractivity contribution in [1.29, 1.82) is 0 Å². The predicted octanol–water partition coefficient (Wildman–Crippen LogP) is 4.51. The summed E-state index contributed by atoms with van der Waals surface area (Å²) in [6, 6.07) is 4.33. The summed E-state index contributed by atoms with van der Waals surface area (Å²) >= 11 is 0. The molecule has 2 aromatic rings. The van der Waals surface area contributed by atoms with Crippen molar-refractivity contribution in [3.63, 3.8) is 0 Å². The molecule has 1 fully saturated rings. The van der Waals surface area contributed by atoms with Crippen LogP contribution in [0, 0.1) is 5.82 Å². The molecule has 1 saturated heterocycles. The van der Waals surface area contributed by atoms with Gasteiger partial charge in [0.2, 0.25) is 12.7 Å². The van der Waals surface area contributed by atoms with Crippen molar-refractivity contribution in [2.45, 2.75) is 78.9 Å². The summed E-state index contributed by atoms with van der Waals surface area (Å²) in [6.45, 7) is 9.08. The topological polar surface area (TPSA) is 187 Å². The van der Waals surface area contributed by atoms with E-state index in [1.54, 1.807) is 58.4 Å². The van der Waals surface area contributed by atoms with E-state index < -0.39 is 75.0 Å². The Kier molecular flexibility index (Phi) is 11.9. The van der Waals surface area contributed by atoms with Crippen LogP contribution in [-0.4, -0.2) is 82.5 Å². The van der Waals surface area contributed by atoms with Crippen molar-refractivity contribution in [1.82, 2.24) is 14.7 Å². The van der Waals surface area contributed by atoms with Crippen LogP contribution in [0.4, 0.5) is 25.4 Å². The highest BCUT2D eigenvalue weighted by molar-refractivity contribution is 7.48. The van der Waals surface area contributed by atoms with Crippen LogP contribution in [0.5, 0.6) is 0 Å². The van der Waals surface area contributed by atoms with Gasteiger partial charge in [-0.3, -0.25) is 18.9 Å². The highest BCUT2D eigenvalue weighted by Crippen LogP contribution is 2.51. The molecule has 20 heteroatoms. The second-order valence-corrected chi connectivity index (χ2v) is 14.8. The Morgan fingerprint density at radius 1 is 1.06 bits per heavy atom. The molecular formula is C30H41FN5O13P. The maximum absolute atomic E-state index is 15.2. The van der Waals surface area contributed by atoms with Gasteiger partial charge in [-0.05, 0) is 59.7 Å². The number of nitrogens with zero attached hydrogens (tertiary/aromatic N) is 5. The average Bonchev–Trinajstić information content (AvgIpc) is 3.68. The summed E-state index contributed by atoms with van der Waals surface area (Å²) in [4.78, 5) is 63.4. The zero-order valence-electron chi connectivity index (χ0n) is 29.0. The van der Waals surface area contributed by atoms with Crippen LogP contribution in [0.25, 0.3) is 0 Å². The summed E-state index contributed by atoms with van der Waals surface area (Å²) in [5.41, 5.74) is 0.561. The minimum absolute atomic E-state index is 0.108. The molecule has 3 heterocycles. The molecule has 276 valence electrons. The van der Waals surface area contributed by atoms with Crippen molar-refractivity contribution in [2.75, 3.05) is 36.3 Å². The van der Waals surface area contributed by atoms with Crippen molar-refractivity contribution in [3.05, 3.63) is 41.5 Å². The van der Waals surface area contributed by atoms with E-state index in [-0.39, 0.29) is 12.2 Å². The first-order valence-corrected chi connectivity index (χ1v) is 16.8. The van der Waals surface area contributed by atoms with E-state index in [4.69, 9.17) is 37.9 Å². The van der Waals surface area contributed by atoms with E-state index in [1.165, 1.54) is 11.0 Å². The van der Waals surface area contributed by atoms with E-state index in [2.05, 4.69) is 5.10 Å². The van der Waals surface area contributed by atoms with Gasteiger partial charge in [-0.25, -0.2) is 38.0 Å². The molecule has 0 aliphatic carbocycles. The van der Waals surface area contributed by atoms with Crippen molar-refractivity contribution >= 4 is 43.3 Å². The fourth-order valence-electron chi connectivity index (χ4n) is 4.51. The summed E-state index contributed by atoms with van der Waals surface area (Å²) in [6.07, 6.45) is -1.13. The van der Waals surface area contributed by atoms with Crippen LogP contribution in [0.2, 0.25) is 0 Å². The number of cyclic esters (lactones) is 1. The minimum Gasteiger partial charge on any atom is -0.442 e. The molecule has 0 spiro atoms. The lowest BCUT2D eigenvalue weighted by Crippen LogP contribution is -2.42. The Bertz CT molecular complexity index is 1590. The second kappa shape index (κ2) is 15.4. The van der Waals surface area contributed by atoms with Gasteiger partial charge in [-0.1, -0.05) is 0 Å². The maximum Gasteiger partial charge on any atom is 0.529 e. The molecule has 4 rings (SSSR count). The van der Waals surface area contributed by atoms with Gasteiger partial charge in [0.25, 0.3) is 0 Å². The van der Waals surface area contributed by atoms with Gasteiger partial charge in [-0.2, -0.15) is 5.10 Å². The van der Waals surface area contributed by atoms with E-state index in [9.17, 15) is 23.7 Å². The summed E-state index contributed by atoms with van der Waals surface area (Å²) < 4.78 is 59.2. The van der Waals surface area contributed by atoms with Crippen LogP contribution in [0.15, 0.2) is 24.4 Å². The first kappa shape index (κ1) is 38.7. The standard InChI is InChI=1S/C30H41FN5O13P/c1-19(37)35(27(39)43-18-42-26(38)17-44-50(41,48-46-29(2,3)4)49-47-30(5,6)7)14-22-15-36(28(40)45-22)21-9-10-25(23(31)11-21)34-13-20-12-33(8)32-24(20)16-34/h9-12,22H,13-18H2,1-8H3/t22-/m0/s1. The van der Waals surface area contributed by atoms with Crippen LogP contribution in [0.3, 0.4) is 0 Å². The number of carbonyl (C=O) groups excluding carboxylic acids is 4. The van der Waals surface area contributed by atoms with Crippen LogP contribution < -0.4 is 9.80 Å². The van der Waals surface area contributed by atoms with Gasteiger partial charge >= 0.3 is 26.0 Å². The number of aromatic nitrogens is 2. The number of carbonyl (C=O) groups is 4. The number of imide groups is 1. The maximum atomic E-state index is 15.2. The average molecular weight is 730 g/mol. The third kappa shape index (κ3) is 10.7. The quantitative estimate of drug-likeness (QED) is 0.0921. The number of phosphoric acid groups is 1. The molecule has 0 saturated carbocycles. The number of aryl methyl sites for hydroxylation is 1. The van der Waals surface area contributed by atoms with Crippen molar-refractivity contribution in [2.24, 2.45) is 7.05 Å². The van der Waals surface area contributed by atoms with E-state index in [1.807, 2.05) is 18.1 Å². The number of fused-ring (bicyclic) bond motifs is 1. The smallest absolute Gasteiger partial charge is 0.442 e. The largest absolute Gasteiger partial charge is 0.529 e. The Hall–Kier alpha value is -4.13. The van der Waals surface area contributed by atoms with Crippen LogP contribution in [-0.2, 0) is 72.1 Å². The van der Waals surface area contributed by atoms with Gasteiger partial charge in [0.15, 0.2) is 6.61 Å². The van der Waals surface area contributed by atoms with E-state index >= 15 is 4.39 Å². The molecule has 18 nitrogen and oxygen atoms in total. The van der Waals surface area contributed by atoms with Gasteiger partial charge in [0, 0.05) is 32.3 Å². The third-order valence-corrected chi connectivity index (χ3v) is 7.60. The van der Waals surface area contributed by atoms with Crippen LogP contribution in [0.1, 0.15) is 59.7 Å². The zero-order valence-corrected chi connectivity index (χ0v) is 29.9. The van der Waals surface area contributed by atoms with Gasteiger partial charge in [0.05, 0.1) is 47.9 Å². The second-order valence-electron chi connectivity index (χ2n) is 13.3. The first-order chi connectivity index (χ1) is 23.2. The Labute approximate surface area is 287 Å². The Morgan fingerprint density at radius 3 is 2.30 bits per heavy atom. The van der Waals surface area contributed by atoms with E-state index in [0.717, 1.165) is 18.2 Å². The molecule has 2 aliphatic rings. The normalized spacial score (nSPS) is 16.3. The number of benzene rings is 1. The van der Waals surface area contributed by atoms with Gasteiger partial charge in [-0.15, -0.1) is 9.35 Å². The van der Waals surface area contributed by atoms with Crippen molar-refractivity contribution < 1.29 is 66.0 Å². The lowest BCUT2D eigenvalue weighted by atomic mass is 10.2. The minimum atomic E-state index is -4.59. The molecule has 2 aliphatic heterocycles. The predicted molar refractivity (Wildman–Crippen MR) is 169 cm³/mol. The molecule has 0 radical (unpaired) electrons. The molecular weight excluding hydrogens is 688 g/mol. The number of amides is 3. The van der Waals surface area contributed by atoms with Crippen LogP contribution >= 0.6 is 7.82 Å². The molecule has 0 unspecified atom stereocenters. The molecule has 0 N–H and O–H groups in total. The summed E-state index contributed by atoms with van der Waals surface area (Å²) in [5, 5.41) is 4.38. The van der Waals surface area contributed by atoms with E-state index in [0.29, 0.717) is 23.7 Å². The van der Waals surface area contributed by atoms with Gasteiger partial charge in [0.1, 0.15) is 11.9 Å². The summed E-state index contributed by atoms with van der Waals surface area (Å²) in [5.74, 6) is -2.47. The number of hydrogen-bond acceptors (Lipinski definition) is 15. The number of halogens is 1. The third-order valence-electron chi connectivity index (χ3n) is 6.64. The molecule has 1 atom stereocenters. The lowest BCUT2D eigenvalue weighted by Gasteiger charge is -2.24.